The van der Waals surface area contributed by atoms with Crippen molar-refractivity contribution in [3.63, 3.8) is 0 Å². The van der Waals surface area contributed by atoms with Gasteiger partial charge in [-0.15, -0.1) is 0 Å². The second kappa shape index (κ2) is 4.09. The molecule has 1 atom stereocenters. The van der Waals surface area contributed by atoms with Crippen LogP contribution < -0.4 is 0 Å². The molecule has 2 heterocycles. The Morgan fingerprint density at radius 1 is 1.31 bits per heavy atom. The van der Waals surface area contributed by atoms with Crippen molar-refractivity contribution in [2.75, 3.05) is 26.2 Å². The van der Waals surface area contributed by atoms with Crippen LogP contribution in [0, 0.1) is 5.92 Å². The molecule has 1 unspecified atom stereocenters. The van der Waals surface area contributed by atoms with Crippen LogP contribution in [-0.2, 0) is 0 Å². The molecule has 0 radical (unpaired) electrons. The zero-order valence-electron chi connectivity index (χ0n) is 8.08. The standard InChI is InChI=1S/C10H18N2O/c13-8-9-4-1-2-6-12-7-3-5-11-10(9)12/h9,13H,1-8H2. The van der Waals surface area contributed by atoms with Crippen molar-refractivity contribution >= 4 is 5.84 Å². The molecule has 1 N–H and O–H groups in total. The minimum atomic E-state index is 0.273. The predicted octanol–water partition coefficient (Wildman–Crippen LogP) is 0.883. The molecule has 13 heavy (non-hydrogen) atoms. The molecule has 1 saturated heterocycles. The molecule has 0 aromatic rings. The van der Waals surface area contributed by atoms with E-state index < -0.39 is 0 Å². The summed E-state index contributed by atoms with van der Waals surface area (Å²) in [6.45, 7) is 3.53. The van der Waals surface area contributed by atoms with Gasteiger partial charge in [0, 0.05) is 25.6 Å². The number of aliphatic hydroxyl groups excluding tert-OH is 1. The molecule has 0 aliphatic carbocycles. The lowest BCUT2D eigenvalue weighted by Gasteiger charge is -2.30. The minimum absolute atomic E-state index is 0.273. The second-order valence-corrected chi connectivity index (χ2v) is 3.96. The Morgan fingerprint density at radius 3 is 3.00 bits per heavy atom. The third kappa shape index (κ3) is 1.85. The Bertz CT molecular complexity index is 203. The van der Waals surface area contributed by atoms with Gasteiger partial charge in [-0.3, -0.25) is 4.99 Å². The van der Waals surface area contributed by atoms with Gasteiger partial charge in [-0.05, 0) is 19.3 Å². The Hall–Kier alpha value is -0.570. The topological polar surface area (TPSA) is 35.8 Å². The van der Waals surface area contributed by atoms with Crippen LogP contribution in [0.25, 0.3) is 0 Å². The summed E-state index contributed by atoms with van der Waals surface area (Å²) < 4.78 is 0. The number of hydrogen-bond acceptors (Lipinski definition) is 3. The van der Waals surface area contributed by atoms with E-state index in [1.54, 1.807) is 0 Å². The Kier molecular flexibility index (Phi) is 2.83. The van der Waals surface area contributed by atoms with Gasteiger partial charge in [-0.2, -0.15) is 0 Å². The fourth-order valence-electron chi connectivity index (χ4n) is 2.28. The van der Waals surface area contributed by atoms with E-state index >= 15 is 0 Å². The highest BCUT2D eigenvalue weighted by Gasteiger charge is 2.25. The van der Waals surface area contributed by atoms with E-state index in [2.05, 4.69) is 9.89 Å². The molecule has 3 nitrogen and oxygen atoms in total. The summed E-state index contributed by atoms with van der Waals surface area (Å²) in [6.07, 6.45) is 4.80. The van der Waals surface area contributed by atoms with Crippen LogP contribution in [0.1, 0.15) is 25.7 Å². The molecule has 0 spiro atoms. The number of aliphatic hydroxyl groups is 1. The quantitative estimate of drug-likeness (QED) is 0.653. The second-order valence-electron chi connectivity index (χ2n) is 3.96. The Labute approximate surface area is 79.5 Å². The molecule has 0 saturated carbocycles. The summed E-state index contributed by atoms with van der Waals surface area (Å²) in [5, 5.41) is 9.25. The van der Waals surface area contributed by atoms with Gasteiger partial charge in [0.2, 0.25) is 0 Å². The van der Waals surface area contributed by atoms with E-state index in [1.165, 1.54) is 25.1 Å². The lowest BCUT2D eigenvalue weighted by Crippen LogP contribution is -2.40. The largest absolute Gasteiger partial charge is 0.396 e. The van der Waals surface area contributed by atoms with Crippen molar-refractivity contribution < 1.29 is 5.11 Å². The predicted molar refractivity (Wildman–Crippen MR) is 52.9 cm³/mol. The highest BCUT2D eigenvalue weighted by Crippen LogP contribution is 2.20. The number of hydrogen-bond donors (Lipinski definition) is 1. The smallest absolute Gasteiger partial charge is 0.104 e. The fraction of sp³-hybridized carbons (Fsp3) is 0.900. The van der Waals surface area contributed by atoms with Crippen LogP contribution in [0.5, 0.6) is 0 Å². The fourth-order valence-corrected chi connectivity index (χ4v) is 2.28. The number of aliphatic imine (C=N–C) groups is 1. The highest BCUT2D eigenvalue weighted by atomic mass is 16.3. The van der Waals surface area contributed by atoms with Crippen LogP contribution in [0.4, 0.5) is 0 Å². The highest BCUT2D eigenvalue weighted by molar-refractivity contribution is 5.85. The van der Waals surface area contributed by atoms with E-state index in [0.717, 1.165) is 26.1 Å². The summed E-state index contributed by atoms with van der Waals surface area (Å²) in [7, 11) is 0. The number of fused-ring (bicyclic) bond motifs is 1. The number of amidine groups is 1. The van der Waals surface area contributed by atoms with Gasteiger partial charge in [0.25, 0.3) is 0 Å². The van der Waals surface area contributed by atoms with Gasteiger partial charge in [0.1, 0.15) is 5.84 Å². The summed E-state index contributed by atoms with van der Waals surface area (Å²) in [5.41, 5.74) is 0. The average Bonchev–Trinajstić information content (AvgIpc) is 2.39. The maximum atomic E-state index is 9.25. The summed E-state index contributed by atoms with van der Waals surface area (Å²) in [6, 6.07) is 0. The van der Waals surface area contributed by atoms with Crippen LogP contribution in [-0.4, -0.2) is 42.1 Å². The van der Waals surface area contributed by atoms with Crippen molar-refractivity contribution in [1.29, 1.82) is 0 Å². The molecule has 2 aliphatic rings. The monoisotopic (exact) mass is 182 g/mol. The first kappa shape index (κ1) is 9.00. The number of rotatable bonds is 1. The van der Waals surface area contributed by atoms with Gasteiger partial charge >= 0.3 is 0 Å². The molecular weight excluding hydrogens is 164 g/mol. The van der Waals surface area contributed by atoms with E-state index in [9.17, 15) is 5.11 Å². The van der Waals surface area contributed by atoms with E-state index in [0.29, 0.717) is 5.92 Å². The molecular formula is C10H18N2O. The summed E-state index contributed by atoms with van der Waals surface area (Å²) in [4.78, 5) is 6.92. The molecule has 0 amide bonds. The van der Waals surface area contributed by atoms with E-state index in [-0.39, 0.29) is 6.61 Å². The van der Waals surface area contributed by atoms with Gasteiger partial charge in [0.05, 0.1) is 6.61 Å². The van der Waals surface area contributed by atoms with E-state index in [1.807, 2.05) is 0 Å². The molecule has 74 valence electrons. The minimum Gasteiger partial charge on any atom is -0.396 e. The SMILES string of the molecule is OCC1CCCCN2CCCN=C12. The van der Waals surface area contributed by atoms with Gasteiger partial charge in [-0.25, -0.2) is 0 Å². The third-order valence-electron chi connectivity index (χ3n) is 3.00. The number of nitrogens with zero attached hydrogens (tertiary/aromatic N) is 2. The first-order chi connectivity index (χ1) is 6.42. The summed E-state index contributed by atoms with van der Waals surface area (Å²) >= 11 is 0. The maximum Gasteiger partial charge on any atom is 0.104 e. The van der Waals surface area contributed by atoms with Crippen LogP contribution in [0.3, 0.4) is 0 Å². The summed E-state index contributed by atoms with van der Waals surface area (Å²) in [5.74, 6) is 1.51. The van der Waals surface area contributed by atoms with Crippen molar-refractivity contribution in [3.8, 4) is 0 Å². The van der Waals surface area contributed by atoms with Crippen LogP contribution in [0.2, 0.25) is 0 Å². The van der Waals surface area contributed by atoms with Crippen molar-refractivity contribution in [3.05, 3.63) is 0 Å². The van der Waals surface area contributed by atoms with Crippen LogP contribution >= 0.6 is 0 Å². The average molecular weight is 182 g/mol. The zero-order valence-corrected chi connectivity index (χ0v) is 8.08. The van der Waals surface area contributed by atoms with Crippen LogP contribution in [0.15, 0.2) is 4.99 Å². The van der Waals surface area contributed by atoms with Gasteiger partial charge < -0.3 is 10.0 Å². The zero-order chi connectivity index (χ0) is 9.10. The first-order valence-electron chi connectivity index (χ1n) is 5.32. The maximum absolute atomic E-state index is 9.25. The van der Waals surface area contributed by atoms with Crippen molar-refractivity contribution in [1.82, 2.24) is 4.90 Å². The lowest BCUT2D eigenvalue weighted by molar-refractivity contribution is 0.246. The van der Waals surface area contributed by atoms with Crippen molar-refractivity contribution in [2.45, 2.75) is 25.7 Å². The Morgan fingerprint density at radius 2 is 2.15 bits per heavy atom. The normalized spacial score (nSPS) is 29.2. The molecule has 0 aromatic heterocycles. The molecule has 3 heteroatoms. The molecule has 0 bridgehead atoms. The molecule has 2 rings (SSSR count). The van der Waals surface area contributed by atoms with Gasteiger partial charge in [0.15, 0.2) is 0 Å². The van der Waals surface area contributed by atoms with Gasteiger partial charge in [-0.1, -0.05) is 6.42 Å². The molecule has 0 aromatic carbocycles. The molecule has 1 fully saturated rings. The van der Waals surface area contributed by atoms with E-state index in [4.69, 9.17) is 0 Å². The third-order valence-corrected chi connectivity index (χ3v) is 3.00. The van der Waals surface area contributed by atoms with Crippen molar-refractivity contribution in [2.24, 2.45) is 10.9 Å². The Balaban J connectivity index is 2.14. The lowest BCUT2D eigenvalue weighted by atomic mass is 10.0. The molecule has 2 aliphatic heterocycles. The first-order valence-corrected chi connectivity index (χ1v) is 5.32.